The highest BCUT2D eigenvalue weighted by Crippen LogP contribution is 2.32. The number of aliphatic hydroxyl groups is 1. The van der Waals surface area contributed by atoms with E-state index in [2.05, 4.69) is 0 Å². The molecule has 0 unspecified atom stereocenters. The second-order valence-electron chi connectivity index (χ2n) is 2.72. The summed E-state index contributed by atoms with van der Waals surface area (Å²) >= 11 is 0. The smallest absolute Gasteiger partial charge is 0.417 e. The van der Waals surface area contributed by atoms with Crippen LogP contribution in [0.5, 0.6) is 0 Å². The van der Waals surface area contributed by atoms with Gasteiger partial charge in [-0.25, -0.2) is 0 Å². The maximum Gasteiger partial charge on any atom is 0.417 e. The fourth-order valence-electron chi connectivity index (χ4n) is 1.10. The number of hydrogen-bond donors (Lipinski definition) is 1. The second kappa shape index (κ2) is 4.16. The summed E-state index contributed by atoms with van der Waals surface area (Å²) < 4.78 is 37.2. The zero-order valence-electron chi connectivity index (χ0n) is 7.45. The van der Waals surface area contributed by atoms with E-state index in [0.29, 0.717) is 12.3 Å². The molecule has 1 N–H and O–H groups in total. The molecule has 0 aliphatic rings. The van der Waals surface area contributed by atoms with Gasteiger partial charge in [-0.1, -0.05) is 18.2 Å². The zero-order valence-corrected chi connectivity index (χ0v) is 7.45. The Morgan fingerprint density at radius 1 is 1.27 bits per heavy atom. The molecule has 0 heterocycles. The fraction of sp³-hybridized carbons (Fsp3) is 0.100. The van der Waals surface area contributed by atoms with Gasteiger partial charge in [0.05, 0.1) is 11.8 Å². The van der Waals surface area contributed by atoms with E-state index in [1.807, 2.05) is 0 Å². The molecular weight excluding hydrogens is 209 g/mol. The van der Waals surface area contributed by atoms with Crippen LogP contribution >= 0.6 is 0 Å². The maximum absolute atomic E-state index is 12.4. The summed E-state index contributed by atoms with van der Waals surface area (Å²) in [6.07, 6.45) is -3.49. The van der Waals surface area contributed by atoms with Crippen LogP contribution < -0.4 is 0 Å². The standard InChI is InChI=1S/C10H7F3O2/c11-10(12,13)8-4-2-1-3-7(8)9(15)5-6-14/h1-6,14H. The lowest BCUT2D eigenvalue weighted by atomic mass is 10.0. The summed E-state index contributed by atoms with van der Waals surface area (Å²) in [7, 11) is 0. The van der Waals surface area contributed by atoms with Gasteiger partial charge in [0.1, 0.15) is 0 Å². The number of benzene rings is 1. The van der Waals surface area contributed by atoms with Crippen LogP contribution in [0.25, 0.3) is 0 Å². The van der Waals surface area contributed by atoms with Crippen molar-refractivity contribution in [2.75, 3.05) is 0 Å². The van der Waals surface area contributed by atoms with Crippen molar-refractivity contribution >= 4 is 5.78 Å². The van der Waals surface area contributed by atoms with E-state index in [1.54, 1.807) is 0 Å². The Morgan fingerprint density at radius 3 is 2.40 bits per heavy atom. The van der Waals surface area contributed by atoms with E-state index < -0.39 is 23.1 Å². The minimum Gasteiger partial charge on any atom is -0.515 e. The van der Waals surface area contributed by atoms with Crippen molar-refractivity contribution in [3.05, 3.63) is 47.7 Å². The molecule has 15 heavy (non-hydrogen) atoms. The first kappa shape index (κ1) is 11.3. The van der Waals surface area contributed by atoms with Crippen molar-refractivity contribution in [3.8, 4) is 0 Å². The Labute approximate surface area is 83.7 Å². The number of rotatable bonds is 2. The largest absolute Gasteiger partial charge is 0.515 e. The van der Waals surface area contributed by atoms with Crippen LogP contribution in [0.15, 0.2) is 36.6 Å². The number of carbonyl (C=O) groups excluding carboxylic acids is 1. The molecule has 2 nitrogen and oxygen atoms in total. The van der Waals surface area contributed by atoms with E-state index in [0.717, 1.165) is 12.1 Å². The van der Waals surface area contributed by atoms with Gasteiger partial charge in [0, 0.05) is 11.6 Å². The van der Waals surface area contributed by atoms with E-state index >= 15 is 0 Å². The van der Waals surface area contributed by atoms with Crippen LogP contribution in [0.4, 0.5) is 13.2 Å². The molecule has 0 amide bonds. The van der Waals surface area contributed by atoms with Crippen molar-refractivity contribution in [1.82, 2.24) is 0 Å². The van der Waals surface area contributed by atoms with Gasteiger partial charge >= 0.3 is 6.18 Å². The lowest BCUT2D eigenvalue weighted by molar-refractivity contribution is -0.137. The highest BCUT2D eigenvalue weighted by atomic mass is 19.4. The predicted octanol–water partition coefficient (Wildman–Crippen LogP) is 2.96. The Balaban J connectivity index is 3.24. The predicted molar refractivity (Wildman–Crippen MR) is 47.5 cm³/mol. The van der Waals surface area contributed by atoms with Gasteiger partial charge in [-0.3, -0.25) is 4.79 Å². The topological polar surface area (TPSA) is 37.3 Å². The Morgan fingerprint density at radius 2 is 1.87 bits per heavy atom. The van der Waals surface area contributed by atoms with Crippen molar-refractivity contribution < 1.29 is 23.1 Å². The molecule has 0 aliphatic heterocycles. The SMILES string of the molecule is O=C(C=CO)c1ccccc1C(F)(F)F. The van der Waals surface area contributed by atoms with Crippen molar-refractivity contribution in [1.29, 1.82) is 0 Å². The van der Waals surface area contributed by atoms with Gasteiger partial charge in [0.2, 0.25) is 0 Å². The quantitative estimate of drug-likeness (QED) is 0.468. The molecule has 0 radical (unpaired) electrons. The molecule has 5 heteroatoms. The molecule has 0 bridgehead atoms. The monoisotopic (exact) mass is 216 g/mol. The summed E-state index contributed by atoms with van der Waals surface area (Å²) in [5.74, 6) is -0.884. The molecule has 1 rings (SSSR count). The maximum atomic E-state index is 12.4. The first-order valence-corrected chi connectivity index (χ1v) is 3.98. The Hall–Kier alpha value is -1.78. The van der Waals surface area contributed by atoms with Crippen LogP contribution in [-0.2, 0) is 6.18 Å². The van der Waals surface area contributed by atoms with Gasteiger partial charge in [-0.2, -0.15) is 13.2 Å². The van der Waals surface area contributed by atoms with E-state index in [9.17, 15) is 18.0 Å². The van der Waals surface area contributed by atoms with Crippen LogP contribution in [0.2, 0.25) is 0 Å². The van der Waals surface area contributed by atoms with E-state index in [1.165, 1.54) is 12.1 Å². The lowest BCUT2D eigenvalue weighted by Gasteiger charge is -2.09. The lowest BCUT2D eigenvalue weighted by Crippen LogP contribution is -2.11. The summed E-state index contributed by atoms with van der Waals surface area (Å²) in [6.45, 7) is 0. The minimum absolute atomic E-state index is 0.412. The zero-order chi connectivity index (χ0) is 11.5. The van der Waals surface area contributed by atoms with Crippen LogP contribution in [0, 0.1) is 0 Å². The average Bonchev–Trinajstić information content (AvgIpc) is 2.17. The van der Waals surface area contributed by atoms with Gasteiger partial charge < -0.3 is 5.11 Å². The number of ketones is 1. The van der Waals surface area contributed by atoms with Crippen molar-refractivity contribution in [3.63, 3.8) is 0 Å². The molecule has 0 aromatic heterocycles. The summed E-state index contributed by atoms with van der Waals surface area (Å²) in [6, 6.07) is 4.40. The number of aliphatic hydroxyl groups excluding tert-OH is 1. The first-order valence-electron chi connectivity index (χ1n) is 3.98. The highest BCUT2D eigenvalue weighted by molar-refractivity contribution is 6.05. The van der Waals surface area contributed by atoms with Crippen LogP contribution in [0.3, 0.4) is 0 Å². The molecule has 0 spiro atoms. The molecule has 0 atom stereocenters. The molecule has 1 aromatic rings. The van der Waals surface area contributed by atoms with Crippen LogP contribution in [0.1, 0.15) is 15.9 Å². The number of hydrogen-bond acceptors (Lipinski definition) is 2. The number of carbonyl (C=O) groups is 1. The highest BCUT2D eigenvalue weighted by Gasteiger charge is 2.34. The normalized spacial score (nSPS) is 11.9. The van der Waals surface area contributed by atoms with Gasteiger partial charge in [-0.05, 0) is 6.07 Å². The Kier molecular flexibility index (Phi) is 3.14. The van der Waals surface area contributed by atoms with Gasteiger partial charge in [-0.15, -0.1) is 0 Å². The van der Waals surface area contributed by atoms with Gasteiger partial charge in [0.25, 0.3) is 0 Å². The summed E-state index contributed by atoms with van der Waals surface area (Å²) in [5.41, 5.74) is -1.48. The van der Waals surface area contributed by atoms with Gasteiger partial charge in [0.15, 0.2) is 5.78 Å². The Bertz CT molecular complexity index is 394. The summed E-state index contributed by atoms with van der Waals surface area (Å²) in [4.78, 5) is 11.2. The minimum atomic E-state index is -4.57. The summed E-state index contributed by atoms with van der Waals surface area (Å²) in [5, 5.41) is 8.31. The number of allylic oxidation sites excluding steroid dienone is 1. The number of alkyl halides is 3. The fourth-order valence-corrected chi connectivity index (χ4v) is 1.10. The average molecular weight is 216 g/mol. The second-order valence-corrected chi connectivity index (χ2v) is 2.72. The van der Waals surface area contributed by atoms with E-state index in [4.69, 9.17) is 5.11 Å². The van der Waals surface area contributed by atoms with E-state index in [-0.39, 0.29) is 0 Å². The molecule has 0 saturated heterocycles. The van der Waals surface area contributed by atoms with Crippen molar-refractivity contribution in [2.45, 2.75) is 6.18 Å². The molecular formula is C10H7F3O2. The molecule has 1 aromatic carbocycles. The van der Waals surface area contributed by atoms with Crippen molar-refractivity contribution in [2.24, 2.45) is 0 Å². The van der Waals surface area contributed by atoms with Crippen LogP contribution in [-0.4, -0.2) is 10.9 Å². The first-order chi connectivity index (χ1) is 6.96. The molecule has 80 valence electrons. The third kappa shape index (κ3) is 2.59. The third-order valence-corrected chi connectivity index (χ3v) is 1.72. The molecule has 0 fully saturated rings. The molecule has 0 aliphatic carbocycles. The molecule has 0 saturated carbocycles. The third-order valence-electron chi connectivity index (χ3n) is 1.72. The number of halogens is 3.